The van der Waals surface area contributed by atoms with Gasteiger partial charge < -0.3 is 15.4 Å². The average molecular weight is 278 g/mol. The first-order valence-corrected chi connectivity index (χ1v) is 6.86. The molecule has 1 aromatic rings. The predicted octanol–water partition coefficient (Wildman–Crippen LogP) is 0.647. The van der Waals surface area contributed by atoms with Crippen LogP contribution < -0.4 is 5.73 Å². The Hall–Kier alpha value is -2.05. The molecule has 7 nitrogen and oxygen atoms in total. The number of nitrogens with two attached hydrogens (primary N) is 1. The van der Waals surface area contributed by atoms with E-state index in [1.54, 1.807) is 0 Å². The van der Waals surface area contributed by atoms with Crippen LogP contribution in [0.2, 0.25) is 0 Å². The molecular formula is C13H18N4O3. The van der Waals surface area contributed by atoms with Crippen LogP contribution in [0.25, 0.3) is 0 Å². The molecule has 1 aromatic heterocycles. The third kappa shape index (κ3) is 2.03. The van der Waals surface area contributed by atoms with Gasteiger partial charge in [0.05, 0.1) is 18.5 Å². The van der Waals surface area contributed by atoms with Gasteiger partial charge in [0.15, 0.2) is 5.69 Å². The number of aromatic amines is 1. The van der Waals surface area contributed by atoms with Crippen LogP contribution in [0.3, 0.4) is 0 Å². The summed E-state index contributed by atoms with van der Waals surface area (Å²) in [6, 6.07) is -0.520. The van der Waals surface area contributed by atoms with Crippen molar-refractivity contribution in [1.29, 1.82) is 0 Å². The molecule has 1 aliphatic carbocycles. The summed E-state index contributed by atoms with van der Waals surface area (Å²) in [6.07, 6.45) is 3.56. The van der Waals surface area contributed by atoms with Gasteiger partial charge in [-0.3, -0.25) is 9.89 Å². The van der Waals surface area contributed by atoms with Gasteiger partial charge >= 0.3 is 5.97 Å². The van der Waals surface area contributed by atoms with Crippen molar-refractivity contribution in [3.63, 3.8) is 0 Å². The van der Waals surface area contributed by atoms with E-state index >= 15 is 0 Å². The molecule has 1 amide bonds. The van der Waals surface area contributed by atoms with Gasteiger partial charge in [0.2, 0.25) is 0 Å². The van der Waals surface area contributed by atoms with Gasteiger partial charge in [-0.1, -0.05) is 0 Å². The van der Waals surface area contributed by atoms with Crippen molar-refractivity contribution < 1.29 is 14.3 Å². The van der Waals surface area contributed by atoms with Crippen molar-refractivity contribution >= 4 is 17.6 Å². The van der Waals surface area contributed by atoms with Gasteiger partial charge in [0.25, 0.3) is 5.91 Å². The lowest BCUT2D eigenvalue weighted by molar-refractivity contribution is -0.145. The molecule has 0 radical (unpaired) electrons. The van der Waals surface area contributed by atoms with Gasteiger partial charge in [0.1, 0.15) is 6.04 Å². The number of nitrogen functional groups attached to an aromatic ring is 1. The summed E-state index contributed by atoms with van der Waals surface area (Å²) in [6.45, 7) is 0.531. The highest BCUT2D eigenvalue weighted by Gasteiger charge is 2.38. The number of methoxy groups -OCH3 is 1. The number of H-pyrrole nitrogens is 1. The third-order valence-electron chi connectivity index (χ3n) is 4.01. The van der Waals surface area contributed by atoms with Crippen LogP contribution in [0.15, 0.2) is 0 Å². The molecule has 1 unspecified atom stereocenters. The van der Waals surface area contributed by atoms with Crippen LogP contribution >= 0.6 is 0 Å². The summed E-state index contributed by atoms with van der Waals surface area (Å²) in [5, 5.41) is 6.91. The monoisotopic (exact) mass is 278 g/mol. The molecule has 7 heteroatoms. The molecule has 2 aliphatic rings. The molecule has 2 heterocycles. The Morgan fingerprint density at radius 3 is 2.80 bits per heavy atom. The normalized spacial score (nSPS) is 22.1. The summed E-state index contributed by atoms with van der Waals surface area (Å²) in [5.74, 6) is -0.273. The van der Waals surface area contributed by atoms with Crippen LogP contribution in [0.5, 0.6) is 0 Å². The predicted molar refractivity (Wildman–Crippen MR) is 71.0 cm³/mol. The summed E-state index contributed by atoms with van der Waals surface area (Å²) in [5.41, 5.74) is 7.51. The van der Waals surface area contributed by atoms with Crippen LogP contribution in [0.4, 0.5) is 5.69 Å². The molecule has 1 saturated carbocycles. The fourth-order valence-corrected chi connectivity index (χ4v) is 2.74. The second-order valence-electron chi connectivity index (χ2n) is 5.35. The Kier molecular flexibility index (Phi) is 3.11. The van der Waals surface area contributed by atoms with E-state index < -0.39 is 6.04 Å². The smallest absolute Gasteiger partial charge is 0.328 e. The number of ether oxygens (including phenoxy) is 1. The third-order valence-corrected chi connectivity index (χ3v) is 4.01. The minimum absolute atomic E-state index is 0.225. The van der Waals surface area contributed by atoms with Gasteiger partial charge in [-0.2, -0.15) is 5.10 Å². The topological polar surface area (TPSA) is 101 Å². The van der Waals surface area contributed by atoms with Gasteiger partial charge in [-0.25, -0.2) is 4.79 Å². The van der Waals surface area contributed by atoms with E-state index in [4.69, 9.17) is 10.5 Å². The highest BCUT2D eigenvalue weighted by molar-refractivity contribution is 6.00. The lowest BCUT2D eigenvalue weighted by atomic mass is 10.2. The highest BCUT2D eigenvalue weighted by atomic mass is 16.5. The fraction of sp³-hybridized carbons (Fsp3) is 0.615. The van der Waals surface area contributed by atoms with Crippen molar-refractivity contribution in [3.8, 4) is 0 Å². The molecule has 108 valence electrons. The number of aromatic nitrogens is 2. The second-order valence-corrected chi connectivity index (χ2v) is 5.35. The Morgan fingerprint density at radius 2 is 2.15 bits per heavy atom. The number of anilines is 1. The Morgan fingerprint density at radius 1 is 1.40 bits per heavy atom. The van der Waals surface area contributed by atoms with Crippen LogP contribution in [-0.2, 0) is 9.53 Å². The minimum Gasteiger partial charge on any atom is -0.467 e. The SMILES string of the molecule is COC(=O)C1CCCN1C(=O)c1n[nH]c(C2CC2)c1N. The fourth-order valence-electron chi connectivity index (χ4n) is 2.74. The van der Waals surface area contributed by atoms with E-state index in [1.807, 2.05) is 0 Å². The number of likely N-dealkylation sites (tertiary alicyclic amines) is 1. The molecule has 3 rings (SSSR count). The number of esters is 1. The Bertz CT molecular complexity index is 550. The number of rotatable bonds is 3. The van der Waals surface area contributed by atoms with Crippen LogP contribution in [0.1, 0.15) is 47.8 Å². The molecule has 0 spiro atoms. The zero-order chi connectivity index (χ0) is 14.3. The minimum atomic E-state index is -0.520. The Labute approximate surface area is 116 Å². The van der Waals surface area contributed by atoms with E-state index in [0.29, 0.717) is 24.6 Å². The molecule has 2 fully saturated rings. The summed E-state index contributed by atoms with van der Waals surface area (Å²) in [7, 11) is 1.33. The number of hydrogen-bond donors (Lipinski definition) is 2. The van der Waals surface area contributed by atoms with Crippen molar-refractivity contribution in [2.75, 3.05) is 19.4 Å². The maximum atomic E-state index is 12.5. The summed E-state index contributed by atoms with van der Waals surface area (Å²) >= 11 is 0. The molecule has 1 aliphatic heterocycles. The summed E-state index contributed by atoms with van der Waals surface area (Å²) in [4.78, 5) is 25.7. The van der Waals surface area contributed by atoms with Gasteiger partial charge in [-0.05, 0) is 25.7 Å². The number of carbonyl (C=O) groups is 2. The number of carbonyl (C=O) groups excluding carboxylic acids is 2. The van der Waals surface area contributed by atoms with Crippen molar-refractivity contribution in [2.24, 2.45) is 0 Å². The molecular weight excluding hydrogens is 260 g/mol. The van der Waals surface area contributed by atoms with Gasteiger partial charge in [0, 0.05) is 12.5 Å². The lowest BCUT2D eigenvalue weighted by Gasteiger charge is -2.21. The van der Waals surface area contributed by atoms with E-state index in [1.165, 1.54) is 12.0 Å². The highest BCUT2D eigenvalue weighted by Crippen LogP contribution is 2.42. The molecule has 1 saturated heterocycles. The summed E-state index contributed by atoms with van der Waals surface area (Å²) < 4.78 is 4.74. The van der Waals surface area contributed by atoms with E-state index in [-0.39, 0.29) is 17.6 Å². The van der Waals surface area contributed by atoms with Crippen LogP contribution in [0, 0.1) is 0 Å². The number of hydrogen-bond acceptors (Lipinski definition) is 5. The van der Waals surface area contributed by atoms with Crippen molar-refractivity contribution in [2.45, 2.75) is 37.6 Å². The van der Waals surface area contributed by atoms with E-state index in [0.717, 1.165) is 25.0 Å². The quantitative estimate of drug-likeness (QED) is 0.790. The largest absolute Gasteiger partial charge is 0.467 e. The van der Waals surface area contributed by atoms with E-state index in [9.17, 15) is 9.59 Å². The van der Waals surface area contributed by atoms with Crippen molar-refractivity contribution in [3.05, 3.63) is 11.4 Å². The number of amides is 1. The second kappa shape index (κ2) is 4.81. The van der Waals surface area contributed by atoms with Gasteiger partial charge in [-0.15, -0.1) is 0 Å². The Balaban J connectivity index is 1.83. The average Bonchev–Trinajstić information content (AvgIpc) is 3.04. The number of nitrogens with zero attached hydrogens (tertiary/aromatic N) is 2. The molecule has 1 atom stereocenters. The first-order chi connectivity index (χ1) is 9.63. The van der Waals surface area contributed by atoms with Crippen LogP contribution in [-0.4, -0.2) is 46.7 Å². The molecule has 20 heavy (non-hydrogen) atoms. The van der Waals surface area contributed by atoms with Crippen molar-refractivity contribution in [1.82, 2.24) is 15.1 Å². The molecule has 0 aromatic carbocycles. The maximum Gasteiger partial charge on any atom is 0.328 e. The molecule has 3 N–H and O–H groups in total. The first-order valence-electron chi connectivity index (χ1n) is 6.86. The number of nitrogens with one attached hydrogen (secondary N) is 1. The standard InChI is InChI=1S/C13H18N4O3/c1-20-13(19)8-3-2-6-17(8)12(18)11-9(14)10(15-16-11)7-4-5-7/h7-8H,2-6,14H2,1H3,(H,15,16). The maximum absolute atomic E-state index is 12.5. The zero-order valence-corrected chi connectivity index (χ0v) is 11.4. The van der Waals surface area contributed by atoms with E-state index in [2.05, 4.69) is 10.2 Å². The zero-order valence-electron chi connectivity index (χ0n) is 11.4. The lowest BCUT2D eigenvalue weighted by Crippen LogP contribution is -2.41. The first kappa shape index (κ1) is 13.0. The molecule has 0 bridgehead atoms.